The Kier molecular flexibility index (Phi) is 6.35. The van der Waals surface area contributed by atoms with E-state index < -0.39 is 11.5 Å². The van der Waals surface area contributed by atoms with Crippen LogP contribution in [-0.4, -0.2) is 47.9 Å². The normalized spacial score (nSPS) is 18.4. The van der Waals surface area contributed by atoms with E-state index in [0.717, 1.165) is 34.3 Å². The Balaban J connectivity index is 0.00000256. The minimum atomic E-state index is -0.591. The van der Waals surface area contributed by atoms with E-state index in [9.17, 15) is 4.79 Å². The predicted molar refractivity (Wildman–Crippen MR) is 118 cm³/mol. The minimum Gasteiger partial charge on any atom is -0.497 e. The highest BCUT2D eigenvalue weighted by molar-refractivity contribution is 7.59. The highest BCUT2D eigenvalue weighted by Gasteiger charge is 2.39. The molecule has 0 spiro atoms. The van der Waals surface area contributed by atoms with E-state index in [2.05, 4.69) is 4.98 Å². The van der Waals surface area contributed by atoms with Crippen LogP contribution in [-0.2, 0) is 33.3 Å². The van der Waals surface area contributed by atoms with Crippen molar-refractivity contribution in [2.24, 2.45) is 12.8 Å². The Morgan fingerprint density at radius 1 is 1.33 bits per heavy atom. The first-order valence-corrected chi connectivity index (χ1v) is 9.38. The van der Waals surface area contributed by atoms with Crippen molar-refractivity contribution in [3.8, 4) is 17.0 Å². The molecule has 0 aliphatic carbocycles. The molecule has 0 radical (unpaired) electrons. The van der Waals surface area contributed by atoms with Gasteiger partial charge in [0.25, 0.3) is 0 Å². The van der Waals surface area contributed by atoms with E-state index in [-0.39, 0.29) is 19.9 Å². The number of pyridine rings is 2. The lowest BCUT2D eigenvalue weighted by molar-refractivity contribution is -0.117. The molecular formula is C21H26N4O4S. The number of hydrogen-bond donors (Lipinski definition) is 1. The lowest BCUT2D eigenvalue weighted by Gasteiger charge is -2.26. The number of hydrogen-bond acceptors (Lipinski definition) is 6. The Labute approximate surface area is 181 Å². The fourth-order valence-corrected chi connectivity index (χ4v) is 3.81. The number of primary amides is 1. The highest BCUT2D eigenvalue weighted by Crippen LogP contribution is 2.37. The maximum atomic E-state index is 11.3. The zero-order valence-corrected chi connectivity index (χ0v) is 18.3. The van der Waals surface area contributed by atoms with Gasteiger partial charge in [-0.2, -0.15) is 13.5 Å². The number of carbonyl (C=O) groups excluding carboxylic acids is 1. The largest absolute Gasteiger partial charge is 0.497 e. The average molecular weight is 431 g/mol. The molecule has 4 heterocycles. The topological polar surface area (TPSA) is 101 Å². The van der Waals surface area contributed by atoms with Gasteiger partial charge in [0, 0.05) is 56.5 Å². The average Bonchev–Trinajstić information content (AvgIpc) is 3.33. The predicted octanol–water partition coefficient (Wildman–Crippen LogP) is 2.05. The maximum absolute atomic E-state index is 11.3. The fourth-order valence-electron chi connectivity index (χ4n) is 3.81. The van der Waals surface area contributed by atoms with Gasteiger partial charge in [0.1, 0.15) is 11.4 Å². The quantitative estimate of drug-likeness (QED) is 0.642. The molecule has 9 heteroatoms. The first-order chi connectivity index (χ1) is 14.0. The number of fused-ring (bicyclic) bond motifs is 1. The summed E-state index contributed by atoms with van der Waals surface area (Å²) in [5.41, 5.74) is 8.75. The summed E-state index contributed by atoms with van der Waals surface area (Å²) >= 11 is 0. The van der Waals surface area contributed by atoms with Gasteiger partial charge in [-0.15, -0.1) is 0 Å². The molecule has 1 aliphatic heterocycles. The summed E-state index contributed by atoms with van der Waals surface area (Å²) in [7, 11) is 5.25. The number of amides is 1. The zero-order valence-electron chi connectivity index (χ0n) is 17.3. The molecule has 8 nitrogen and oxygen atoms in total. The molecule has 0 aromatic carbocycles. The summed E-state index contributed by atoms with van der Waals surface area (Å²) in [6.45, 7) is 1.07. The van der Waals surface area contributed by atoms with Crippen LogP contribution in [0.25, 0.3) is 22.2 Å². The molecule has 160 valence electrons. The standard InChI is InChI=1S/C21H24N4O4.H2S/c1-25-11-16(15-6-13(7-20(22)26)23-10-18(15)25)17-8-14(27-2)9-19(24-17)21(28-3)4-5-29-12-21;/h6,8-11H,4-5,7,12H2,1-3H3,(H2,22,26);1H2/t21-;/m1./s1. The van der Waals surface area contributed by atoms with Gasteiger partial charge in [-0.05, 0) is 6.07 Å². The number of aryl methyl sites for hydroxylation is 1. The van der Waals surface area contributed by atoms with Crippen LogP contribution in [0.2, 0.25) is 0 Å². The van der Waals surface area contributed by atoms with Crippen molar-refractivity contribution < 1.29 is 19.0 Å². The molecule has 1 saturated heterocycles. The zero-order chi connectivity index (χ0) is 20.6. The molecular weight excluding hydrogens is 404 g/mol. The van der Waals surface area contributed by atoms with Crippen LogP contribution in [0.15, 0.2) is 30.6 Å². The molecule has 0 saturated carbocycles. The molecule has 1 amide bonds. The maximum Gasteiger partial charge on any atom is 0.223 e. The second-order valence-electron chi connectivity index (χ2n) is 7.27. The molecule has 0 unspecified atom stereocenters. The number of methoxy groups -OCH3 is 2. The van der Waals surface area contributed by atoms with Crippen molar-refractivity contribution >= 4 is 30.3 Å². The van der Waals surface area contributed by atoms with Crippen molar-refractivity contribution in [1.82, 2.24) is 14.5 Å². The van der Waals surface area contributed by atoms with E-state index in [1.54, 1.807) is 20.4 Å². The van der Waals surface area contributed by atoms with E-state index >= 15 is 0 Å². The first-order valence-electron chi connectivity index (χ1n) is 9.38. The second-order valence-corrected chi connectivity index (χ2v) is 7.27. The van der Waals surface area contributed by atoms with Crippen molar-refractivity contribution in [3.63, 3.8) is 0 Å². The van der Waals surface area contributed by atoms with Gasteiger partial charge in [-0.3, -0.25) is 9.78 Å². The molecule has 1 atom stereocenters. The number of nitrogens with two attached hydrogens (primary N) is 1. The minimum absolute atomic E-state index is 0. The highest BCUT2D eigenvalue weighted by atomic mass is 32.1. The van der Waals surface area contributed by atoms with E-state index in [4.69, 9.17) is 24.9 Å². The molecule has 1 fully saturated rings. The van der Waals surface area contributed by atoms with Gasteiger partial charge < -0.3 is 24.5 Å². The van der Waals surface area contributed by atoms with Crippen molar-refractivity contribution in [1.29, 1.82) is 0 Å². The lowest BCUT2D eigenvalue weighted by atomic mass is 9.96. The number of carbonyl (C=O) groups is 1. The van der Waals surface area contributed by atoms with Gasteiger partial charge in [-0.1, -0.05) is 0 Å². The SMILES string of the molecule is COc1cc(-c2cn(C)c3cnc(CC(N)=O)cc23)nc([C@@]2(OC)CCOC2)c1.S. The molecule has 3 aromatic heterocycles. The molecule has 2 N–H and O–H groups in total. The third-order valence-corrected chi connectivity index (χ3v) is 5.44. The Morgan fingerprint density at radius 3 is 2.77 bits per heavy atom. The summed E-state index contributed by atoms with van der Waals surface area (Å²) in [6, 6.07) is 5.68. The summed E-state index contributed by atoms with van der Waals surface area (Å²) < 4.78 is 18.9. The lowest BCUT2D eigenvalue weighted by Crippen LogP contribution is -2.30. The van der Waals surface area contributed by atoms with Crippen LogP contribution in [0.4, 0.5) is 0 Å². The van der Waals surface area contributed by atoms with Gasteiger partial charge >= 0.3 is 0 Å². The Morgan fingerprint density at radius 2 is 2.13 bits per heavy atom. The summed E-state index contributed by atoms with van der Waals surface area (Å²) in [6.07, 6.45) is 4.56. The van der Waals surface area contributed by atoms with Gasteiger partial charge in [0.2, 0.25) is 5.91 Å². The third kappa shape index (κ3) is 3.88. The van der Waals surface area contributed by atoms with Crippen LogP contribution in [0.5, 0.6) is 5.75 Å². The van der Waals surface area contributed by atoms with Crippen molar-refractivity contribution in [3.05, 3.63) is 42.0 Å². The molecule has 3 aromatic rings. The van der Waals surface area contributed by atoms with E-state index in [0.29, 0.717) is 24.7 Å². The van der Waals surface area contributed by atoms with Crippen LogP contribution < -0.4 is 10.5 Å². The van der Waals surface area contributed by atoms with Gasteiger partial charge in [0.15, 0.2) is 0 Å². The summed E-state index contributed by atoms with van der Waals surface area (Å²) in [5, 5.41) is 0.944. The van der Waals surface area contributed by atoms with E-state index in [1.165, 1.54) is 0 Å². The second kappa shape index (κ2) is 8.63. The van der Waals surface area contributed by atoms with Crippen LogP contribution in [0, 0.1) is 0 Å². The van der Waals surface area contributed by atoms with Crippen LogP contribution in [0.3, 0.4) is 0 Å². The number of rotatable bonds is 6. The Hall–Kier alpha value is -2.62. The molecule has 4 rings (SSSR count). The van der Waals surface area contributed by atoms with Gasteiger partial charge in [-0.25, -0.2) is 4.98 Å². The van der Waals surface area contributed by atoms with Crippen molar-refractivity contribution in [2.75, 3.05) is 27.4 Å². The van der Waals surface area contributed by atoms with Gasteiger partial charge in [0.05, 0.1) is 48.9 Å². The summed E-state index contributed by atoms with van der Waals surface area (Å²) in [5.74, 6) is 0.274. The van der Waals surface area contributed by atoms with Crippen molar-refractivity contribution in [2.45, 2.75) is 18.4 Å². The van der Waals surface area contributed by atoms with E-state index in [1.807, 2.05) is 36.0 Å². The van der Waals surface area contributed by atoms with Crippen LogP contribution >= 0.6 is 13.5 Å². The third-order valence-electron chi connectivity index (χ3n) is 5.44. The number of nitrogens with zero attached hydrogens (tertiary/aromatic N) is 3. The first kappa shape index (κ1) is 22.1. The summed E-state index contributed by atoms with van der Waals surface area (Å²) in [4.78, 5) is 20.6. The number of ether oxygens (including phenoxy) is 3. The van der Waals surface area contributed by atoms with Crippen LogP contribution in [0.1, 0.15) is 17.8 Å². The molecule has 30 heavy (non-hydrogen) atoms. The monoisotopic (exact) mass is 430 g/mol. The Bertz CT molecular complexity index is 1080. The molecule has 1 aliphatic rings. The molecule has 0 bridgehead atoms. The number of aromatic nitrogens is 3. The fraction of sp³-hybridized carbons (Fsp3) is 0.381. The smallest absolute Gasteiger partial charge is 0.223 e.